The fourth-order valence-corrected chi connectivity index (χ4v) is 5.90. The third-order valence-corrected chi connectivity index (χ3v) is 7.81. The van der Waals surface area contributed by atoms with Crippen LogP contribution in [-0.2, 0) is 30.1 Å². The minimum absolute atomic E-state index is 0.247. The molecule has 0 radical (unpaired) electrons. The first-order valence-electron chi connectivity index (χ1n) is 12.9. The monoisotopic (exact) mass is 503 g/mol. The smallest absolute Gasteiger partial charge is 0.164 e. The van der Waals surface area contributed by atoms with Gasteiger partial charge in [-0.25, -0.2) is 9.97 Å². The third kappa shape index (κ3) is 4.77. The number of nitrogens with zero attached hydrogens (tertiary/aromatic N) is 3. The highest BCUT2D eigenvalue weighted by Crippen LogP contribution is 2.38. The molecule has 0 amide bonds. The molecule has 35 heavy (non-hydrogen) atoms. The molecule has 0 aromatic carbocycles. The Kier molecular flexibility index (Phi) is 7.12. The predicted molar refractivity (Wildman–Crippen MR) is 130 cm³/mol. The third-order valence-electron chi connectivity index (χ3n) is 7.42. The topological polar surface area (TPSA) is 97.1 Å². The van der Waals surface area contributed by atoms with Gasteiger partial charge in [-0.3, -0.25) is 0 Å². The average Bonchev–Trinajstić information content (AvgIpc) is 3.35. The van der Waals surface area contributed by atoms with Gasteiger partial charge in [-0.15, -0.1) is 0 Å². The lowest BCUT2D eigenvalue weighted by molar-refractivity contribution is -0.223. The lowest BCUT2D eigenvalue weighted by atomic mass is 10.1. The van der Waals surface area contributed by atoms with Crippen molar-refractivity contribution >= 4 is 28.1 Å². The van der Waals surface area contributed by atoms with E-state index >= 15 is 0 Å². The Morgan fingerprint density at radius 1 is 1.03 bits per heavy atom. The zero-order valence-electron chi connectivity index (χ0n) is 19.8. The van der Waals surface area contributed by atoms with Crippen LogP contribution in [0.2, 0.25) is 0 Å². The predicted octanol–water partition coefficient (Wildman–Crippen LogP) is 3.20. The van der Waals surface area contributed by atoms with Crippen molar-refractivity contribution in [3.05, 3.63) is 23.8 Å². The van der Waals surface area contributed by atoms with Crippen molar-refractivity contribution in [3.8, 4) is 0 Å². The van der Waals surface area contributed by atoms with E-state index < -0.39 is 24.5 Å². The summed E-state index contributed by atoms with van der Waals surface area (Å²) in [7, 11) is 0. The number of aliphatic hydroxyl groups is 1. The highest BCUT2D eigenvalue weighted by atomic mass is 32.1. The number of hydrogen-bond acceptors (Lipinski definition) is 9. The van der Waals surface area contributed by atoms with Crippen molar-refractivity contribution in [1.82, 2.24) is 14.5 Å². The molecular formula is C25H33N3O6S. The second kappa shape index (κ2) is 10.5. The molecule has 4 aliphatic rings. The summed E-state index contributed by atoms with van der Waals surface area (Å²) < 4.78 is 32.3. The van der Waals surface area contributed by atoms with Crippen LogP contribution in [0.25, 0.3) is 11.0 Å². The Morgan fingerprint density at radius 2 is 1.83 bits per heavy atom. The van der Waals surface area contributed by atoms with Gasteiger partial charge in [0, 0.05) is 29.7 Å². The molecule has 0 spiro atoms. The molecule has 9 nitrogen and oxygen atoms in total. The minimum atomic E-state index is -0.918. The quantitative estimate of drug-likeness (QED) is 0.596. The van der Waals surface area contributed by atoms with Crippen molar-refractivity contribution in [2.75, 3.05) is 19.8 Å². The molecule has 2 unspecified atom stereocenters. The Morgan fingerprint density at radius 3 is 2.60 bits per heavy atom. The largest absolute Gasteiger partial charge is 0.386 e. The highest BCUT2D eigenvalue weighted by Gasteiger charge is 2.48. The maximum absolute atomic E-state index is 11.5. The van der Waals surface area contributed by atoms with Crippen molar-refractivity contribution in [2.45, 2.75) is 94.9 Å². The summed E-state index contributed by atoms with van der Waals surface area (Å²) in [5.41, 5.74) is 2.68. The normalized spacial score (nSPS) is 33.8. The number of ether oxygens (including phenoxy) is 5. The number of rotatable bonds is 6. The summed E-state index contributed by atoms with van der Waals surface area (Å²) in [4.78, 5) is 9.91. The van der Waals surface area contributed by atoms with Crippen molar-refractivity contribution in [3.63, 3.8) is 0 Å². The first-order chi connectivity index (χ1) is 17.2. The lowest BCUT2D eigenvalue weighted by Gasteiger charge is -2.30. The number of aliphatic hydroxyl groups excluding tert-OH is 1. The molecule has 10 heteroatoms. The van der Waals surface area contributed by atoms with Crippen LogP contribution in [0.4, 0.5) is 0 Å². The first-order valence-corrected chi connectivity index (χ1v) is 13.3. The molecule has 2 aromatic heterocycles. The second-order valence-corrected chi connectivity index (χ2v) is 10.3. The van der Waals surface area contributed by atoms with Gasteiger partial charge in [0.1, 0.15) is 30.3 Å². The van der Waals surface area contributed by atoms with Crippen LogP contribution >= 0.6 is 12.2 Å². The molecule has 6 atom stereocenters. The van der Waals surface area contributed by atoms with E-state index in [1.54, 1.807) is 6.33 Å². The van der Waals surface area contributed by atoms with Gasteiger partial charge in [0.05, 0.1) is 12.3 Å². The van der Waals surface area contributed by atoms with Gasteiger partial charge in [-0.1, -0.05) is 12.2 Å². The molecule has 6 rings (SSSR count). The molecule has 1 aliphatic carbocycles. The van der Waals surface area contributed by atoms with Crippen LogP contribution in [0.5, 0.6) is 0 Å². The summed E-state index contributed by atoms with van der Waals surface area (Å²) in [6, 6.07) is 0. The molecule has 0 saturated carbocycles. The van der Waals surface area contributed by atoms with Crippen LogP contribution < -0.4 is 0 Å². The highest BCUT2D eigenvalue weighted by molar-refractivity contribution is 7.80. The van der Waals surface area contributed by atoms with Crippen molar-refractivity contribution in [1.29, 1.82) is 0 Å². The van der Waals surface area contributed by atoms with E-state index in [2.05, 4.69) is 9.97 Å². The Balaban J connectivity index is 1.28. The standard InChI is InChI=1S/C25H33N3O6S/c29-22-23(34-19-9-2-4-11-31-19)16(13-32-18-8-1-3-10-30-18)33-25(22)28-12-15-6-5-7-17(35)21-20(15)24(28)27-14-26-21/h12,14,16,18-19,22-23,25,29H,1-11,13H2/t16-,18?,19?,22+,23-,25-/m1/s1. The van der Waals surface area contributed by atoms with Gasteiger partial charge in [0.15, 0.2) is 18.8 Å². The van der Waals surface area contributed by atoms with E-state index in [4.69, 9.17) is 35.9 Å². The number of aryl methyl sites for hydroxylation is 1. The van der Waals surface area contributed by atoms with Gasteiger partial charge in [-0.2, -0.15) is 0 Å². The van der Waals surface area contributed by atoms with Crippen LogP contribution in [0.3, 0.4) is 0 Å². The van der Waals surface area contributed by atoms with E-state index in [1.807, 2.05) is 10.8 Å². The Labute approximate surface area is 210 Å². The fraction of sp³-hybridized carbons (Fsp3) is 0.720. The van der Waals surface area contributed by atoms with Crippen LogP contribution in [0, 0.1) is 0 Å². The molecule has 1 N–H and O–H groups in total. The van der Waals surface area contributed by atoms with Crippen LogP contribution in [0.15, 0.2) is 12.5 Å². The van der Waals surface area contributed by atoms with Gasteiger partial charge in [0.2, 0.25) is 0 Å². The maximum Gasteiger partial charge on any atom is 0.164 e. The molecule has 2 aromatic rings. The lowest BCUT2D eigenvalue weighted by Crippen LogP contribution is -2.41. The molecule has 3 saturated heterocycles. The van der Waals surface area contributed by atoms with Gasteiger partial charge >= 0.3 is 0 Å². The van der Waals surface area contributed by atoms with Gasteiger partial charge < -0.3 is 33.4 Å². The molecule has 3 aliphatic heterocycles. The second-order valence-electron chi connectivity index (χ2n) is 9.84. The molecule has 3 fully saturated rings. The number of hydrogen-bond donors (Lipinski definition) is 1. The number of thiocarbonyl (C=S) groups is 1. The zero-order chi connectivity index (χ0) is 23.8. The molecule has 190 valence electrons. The Bertz CT molecular complexity index is 1050. The Hall–Kier alpha value is -1.53. The summed E-state index contributed by atoms with van der Waals surface area (Å²) in [6.45, 7) is 1.64. The minimum Gasteiger partial charge on any atom is -0.386 e. The SMILES string of the molecule is O[C@H]1[C@H](OC2CCCCO2)[C@@H](COC2CCCCO2)O[C@H]1n1cc2c3c(ncnc31)C(=S)CCC2. The molecule has 0 bridgehead atoms. The molecule has 5 heterocycles. The van der Waals surface area contributed by atoms with E-state index in [-0.39, 0.29) is 19.2 Å². The van der Waals surface area contributed by atoms with Gasteiger partial charge in [0.25, 0.3) is 0 Å². The van der Waals surface area contributed by atoms with Crippen molar-refractivity contribution < 1.29 is 28.8 Å². The van der Waals surface area contributed by atoms with Crippen molar-refractivity contribution in [2.24, 2.45) is 0 Å². The van der Waals surface area contributed by atoms with E-state index in [1.165, 1.54) is 0 Å². The van der Waals surface area contributed by atoms with Gasteiger partial charge in [-0.05, 0) is 63.4 Å². The fourth-order valence-electron chi connectivity index (χ4n) is 5.60. The van der Waals surface area contributed by atoms with Crippen LogP contribution in [0.1, 0.15) is 68.9 Å². The number of aromatic nitrogens is 3. The van der Waals surface area contributed by atoms with E-state index in [0.29, 0.717) is 13.2 Å². The summed E-state index contributed by atoms with van der Waals surface area (Å²) >= 11 is 5.63. The van der Waals surface area contributed by atoms with E-state index in [9.17, 15) is 5.11 Å². The maximum atomic E-state index is 11.5. The zero-order valence-corrected chi connectivity index (χ0v) is 20.7. The summed E-state index contributed by atoms with van der Waals surface area (Å²) in [5, 5.41) is 12.5. The molecular weight excluding hydrogens is 470 g/mol. The summed E-state index contributed by atoms with van der Waals surface area (Å²) in [6.07, 6.45) is 8.89. The average molecular weight is 504 g/mol. The van der Waals surface area contributed by atoms with Crippen LogP contribution in [-0.4, -0.2) is 75.2 Å². The first kappa shape index (κ1) is 23.8. The summed E-state index contributed by atoms with van der Waals surface area (Å²) in [5.74, 6) is 0. The van der Waals surface area contributed by atoms with E-state index in [0.717, 1.165) is 84.9 Å².